The van der Waals surface area contributed by atoms with Gasteiger partial charge in [0.05, 0.1) is 11.3 Å². The molecule has 0 aliphatic rings. The number of rotatable bonds is 2. The highest BCUT2D eigenvalue weighted by Crippen LogP contribution is 2.22. The Hall–Kier alpha value is -1.02. The van der Waals surface area contributed by atoms with Gasteiger partial charge in [0, 0.05) is 5.33 Å². The van der Waals surface area contributed by atoms with Gasteiger partial charge in [-0.3, -0.25) is 4.98 Å². The lowest BCUT2D eigenvalue weighted by atomic mass is 10.1. The summed E-state index contributed by atoms with van der Waals surface area (Å²) in [5.74, 6) is 0. The fourth-order valence-corrected chi connectivity index (χ4v) is 1.58. The quantitative estimate of drug-likeness (QED) is 0.767. The molecule has 0 N–H and O–H groups in total. The van der Waals surface area contributed by atoms with Crippen molar-refractivity contribution < 1.29 is 8.78 Å². The molecule has 5 heteroatoms. The first-order valence-corrected chi connectivity index (χ1v) is 4.97. The summed E-state index contributed by atoms with van der Waals surface area (Å²) in [4.78, 5) is 3.66. The standard InChI is InChI=1S/C9H7BrF2N2/c1-5-7(4-13)6(3-10)2-8(14-5)9(11)12/h2,9H,3H2,1H3. The van der Waals surface area contributed by atoms with Crippen LogP contribution in [-0.4, -0.2) is 4.98 Å². The predicted molar refractivity (Wildman–Crippen MR) is 51.3 cm³/mol. The van der Waals surface area contributed by atoms with Crippen molar-refractivity contribution in [3.8, 4) is 6.07 Å². The molecule has 1 rings (SSSR count). The Labute approximate surface area is 88.7 Å². The molecule has 1 aromatic heterocycles. The van der Waals surface area contributed by atoms with Crippen LogP contribution in [0.3, 0.4) is 0 Å². The van der Waals surface area contributed by atoms with Crippen molar-refractivity contribution in [3.63, 3.8) is 0 Å². The number of nitrogens with zero attached hydrogens (tertiary/aromatic N) is 2. The van der Waals surface area contributed by atoms with Crippen molar-refractivity contribution in [3.05, 3.63) is 28.6 Å². The van der Waals surface area contributed by atoms with E-state index in [2.05, 4.69) is 20.9 Å². The smallest absolute Gasteiger partial charge is 0.251 e. The molecular weight excluding hydrogens is 254 g/mol. The Morgan fingerprint density at radius 2 is 2.29 bits per heavy atom. The zero-order valence-electron chi connectivity index (χ0n) is 7.39. The normalized spacial score (nSPS) is 10.3. The lowest BCUT2D eigenvalue weighted by Gasteiger charge is -2.06. The van der Waals surface area contributed by atoms with Crippen LogP contribution in [0.2, 0.25) is 0 Å². The monoisotopic (exact) mass is 260 g/mol. The molecule has 0 bridgehead atoms. The molecule has 14 heavy (non-hydrogen) atoms. The van der Waals surface area contributed by atoms with Crippen LogP contribution in [0.4, 0.5) is 8.78 Å². The van der Waals surface area contributed by atoms with E-state index in [1.54, 1.807) is 6.92 Å². The summed E-state index contributed by atoms with van der Waals surface area (Å²) >= 11 is 3.14. The summed E-state index contributed by atoms with van der Waals surface area (Å²) in [7, 11) is 0. The van der Waals surface area contributed by atoms with Gasteiger partial charge in [-0.05, 0) is 18.6 Å². The molecule has 0 atom stereocenters. The van der Waals surface area contributed by atoms with Crippen LogP contribution in [0.15, 0.2) is 6.07 Å². The topological polar surface area (TPSA) is 36.7 Å². The molecule has 0 unspecified atom stereocenters. The van der Waals surface area contributed by atoms with Crippen LogP contribution in [0.1, 0.15) is 28.9 Å². The van der Waals surface area contributed by atoms with Gasteiger partial charge in [-0.15, -0.1) is 0 Å². The summed E-state index contributed by atoms with van der Waals surface area (Å²) in [6, 6.07) is 3.20. The minimum Gasteiger partial charge on any atom is -0.251 e. The minimum absolute atomic E-state index is 0.282. The Balaban J connectivity index is 3.33. The van der Waals surface area contributed by atoms with E-state index in [0.29, 0.717) is 22.2 Å². The van der Waals surface area contributed by atoms with E-state index in [1.807, 2.05) is 6.07 Å². The molecule has 2 nitrogen and oxygen atoms in total. The molecule has 0 aromatic carbocycles. The zero-order valence-corrected chi connectivity index (χ0v) is 8.98. The van der Waals surface area contributed by atoms with E-state index in [1.165, 1.54) is 6.07 Å². The van der Waals surface area contributed by atoms with Crippen LogP contribution >= 0.6 is 15.9 Å². The minimum atomic E-state index is -2.60. The van der Waals surface area contributed by atoms with Crippen molar-refractivity contribution >= 4 is 15.9 Å². The lowest BCUT2D eigenvalue weighted by Crippen LogP contribution is -2.00. The Kier molecular flexibility index (Phi) is 3.53. The molecule has 74 valence electrons. The number of nitriles is 1. The number of halogens is 3. The first-order valence-electron chi connectivity index (χ1n) is 3.84. The van der Waals surface area contributed by atoms with E-state index < -0.39 is 6.43 Å². The first kappa shape index (κ1) is 11.1. The Bertz CT molecular complexity index is 385. The number of hydrogen-bond acceptors (Lipinski definition) is 2. The fourth-order valence-electron chi connectivity index (χ4n) is 1.13. The third-order valence-electron chi connectivity index (χ3n) is 1.78. The van der Waals surface area contributed by atoms with Crippen molar-refractivity contribution in [2.24, 2.45) is 0 Å². The van der Waals surface area contributed by atoms with Gasteiger partial charge < -0.3 is 0 Å². The van der Waals surface area contributed by atoms with E-state index in [4.69, 9.17) is 5.26 Å². The number of hydrogen-bond donors (Lipinski definition) is 0. The SMILES string of the molecule is Cc1nc(C(F)F)cc(CBr)c1C#N. The van der Waals surface area contributed by atoms with Crippen LogP contribution in [0, 0.1) is 18.3 Å². The van der Waals surface area contributed by atoms with Crippen LogP contribution < -0.4 is 0 Å². The highest BCUT2D eigenvalue weighted by Gasteiger charge is 2.14. The third-order valence-corrected chi connectivity index (χ3v) is 2.39. The summed E-state index contributed by atoms with van der Waals surface area (Å²) in [5, 5.41) is 9.14. The second kappa shape index (κ2) is 4.47. The Morgan fingerprint density at radius 3 is 2.71 bits per heavy atom. The van der Waals surface area contributed by atoms with Crippen molar-refractivity contribution in [2.45, 2.75) is 18.7 Å². The van der Waals surface area contributed by atoms with Gasteiger partial charge in [0.15, 0.2) is 0 Å². The molecule has 0 amide bonds. The molecule has 0 fully saturated rings. The largest absolute Gasteiger partial charge is 0.280 e. The summed E-state index contributed by atoms with van der Waals surface area (Å²) in [6.45, 7) is 1.55. The molecule has 1 aromatic rings. The Morgan fingerprint density at radius 1 is 1.64 bits per heavy atom. The second-order valence-electron chi connectivity index (χ2n) is 2.71. The van der Waals surface area contributed by atoms with Gasteiger partial charge in [0.25, 0.3) is 6.43 Å². The molecule has 0 aliphatic carbocycles. The van der Waals surface area contributed by atoms with Crippen LogP contribution in [0.25, 0.3) is 0 Å². The molecule has 0 saturated carbocycles. The predicted octanol–water partition coefficient (Wildman–Crippen LogP) is 3.09. The number of pyridine rings is 1. The van der Waals surface area contributed by atoms with Crippen LogP contribution in [0.5, 0.6) is 0 Å². The average Bonchev–Trinajstić information content (AvgIpc) is 2.16. The molecule has 0 radical (unpaired) electrons. The molecule has 0 aliphatic heterocycles. The van der Waals surface area contributed by atoms with E-state index in [-0.39, 0.29) is 5.69 Å². The number of aryl methyl sites for hydroxylation is 1. The van der Waals surface area contributed by atoms with Crippen LogP contribution in [-0.2, 0) is 5.33 Å². The third kappa shape index (κ3) is 2.07. The van der Waals surface area contributed by atoms with E-state index in [9.17, 15) is 8.78 Å². The summed E-state index contributed by atoms with van der Waals surface area (Å²) < 4.78 is 24.7. The maximum Gasteiger partial charge on any atom is 0.280 e. The lowest BCUT2D eigenvalue weighted by molar-refractivity contribution is 0.146. The highest BCUT2D eigenvalue weighted by molar-refractivity contribution is 9.08. The van der Waals surface area contributed by atoms with Gasteiger partial charge in [0.1, 0.15) is 11.8 Å². The van der Waals surface area contributed by atoms with Gasteiger partial charge >= 0.3 is 0 Å². The van der Waals surface area contributed by atoms with Crippen molar-refractivity contribution in [1.82, 2.24) is 4.98 Å². The zero-order chi connectivity index (χ0) is 10.7. The van der Waals surface area contributed by atoms with Gasteiger partial charge in [0.2, 0.25) is 0 Å². The van der Waals surface area contributed by atoms with Gasteiger partial charge in [-0.25, -0.2) is 8.78 Å². The van der Waals surface area contributed by atoms with E-state index in [0.717, 1.165) is 0 Å². The van der Waals surface area contributed by atoms with E-state index >= 15 is 0 Å². The molecule has 1 heterocycles. The molecular formula is C9H7BrF2N2. The highest BCUT2D eigenvalue weighted by atomic mass is 79.9. The summed E-state index contributed by atoms with van der Waals surface area (Å²) in [6.07, 6.45) is -2.60. The first-order chi connectivity index (χ1) is 6.60. The number of alkyl halides is 3. The fraction of sp³-hybridized carbons (Fsp3) is 0.333. The molecule has 0 spiro atoms. The van der Waals surface area contributed by atoms with Crippen molar-refractivity contribution in [2.75, 3.05) is 0 Å². The average molecular weight is 261 g/mol. The maximum atomic E-state index is 12.3. The molecule has 0 saturated heterocycles. The maximum absolute atomic E-state index is 12.3. The second-order valence-corrected chi connectivity index (χ2v) is 3.27. The van der Waals surface area contributed by atoms with Gasteiger partial charge in [-0.2, -0.15) is 5.26 Å². The van der Waals surface area contributed by atoms with Gasteiger partial charge in [-0.1, -0.05) is 15.9 Å². The summed E-state index contributed by atoms with van der Waals surface area (Å²) in [5.41, 5.74) is 0.984. The number of aromatic nitrogens is 1. The van der Waals surface area contributed by atoms with Crippen molar-refractivity contribution in [1.29, 1.82) is 5.26 Å².